The summed E-state index contributed by atoms with van der Waals surface area (Å²) in [6.45, 7) is 3.74. The Morgan fingerprint density at radius 2 is 1.12 bits per heavy atom. The van der Waals surface area contributed by atoms with Crippen LogP contribution in [0, 0.1) is 0 Å². The predicted molar refractivity (Wildman–Crippen MR) is 212 cm³/mol. The Labute approximate surface area is 317 Å². The number of phosphoric acid groups is 1. The second-order valence-electron chi connectivity index (χ2n) is 13.7. The lowest BCUT2D eigenvalue weighted by molar-refractivity contribution is -0.154. The molecule has 0 aliphatic carbocycles. The van der Waals surface area contributed by atoms with E-state index in [2.05, 4.69) is 50.3 Å². The summed E-state index contributed by atoms with van der Waals surface area (Å²) in [7, 11) is -4.62. The molecule has 304 valence electrons. The second kappa shape index (κ2) is 37.5. The van der Waals surface area contributed by atoms with Crippen LogP contribution in [0.25, 0.3) is 0 Å². The number of unbranched alkanes of at least 4 members (excludes halogenated alkanes) is 19. The number of esters is 1. The van der Waals surface area contributed by atoms with Crippen molar-refractivity contribution in [2.24, 2.45) is 5.73 Å². The summed E-state index contributed by atoms with van der Waals surface area (Å²) < 4.78 is 33.2. The molecular formula is C41H76NO9P. The number of nitrogens with two attached hydrogens (primary N) is 1. The van der Waals surface area contributed by atoms with Gasteiger partial charge in [0.25, 0.3) is 0 Å². The quantitative estimate of drug-likeness (QED) is 0.0239. The van der Waals surface area contributed by atoms with Crippen LogP contribution in [0.1, 0.15) is 174 Å². The van der Waals surface area contributed by atoms with Crippen LogP contribution in [-0.2, 0) is 32.7 Å². The van der Waals surface area contributed by atoms with Crippen molar-refractivity contribution in [2.45, 2.75) is 187 Å². The first-order valence-electron chi connectivity index (χ1n) is 20.5. The summed E-state index contributed by atoms with van der Waals surface area (Å²) in [5, 5.41) is 8.88. The Morgan fingerprint density at radius 1 is 0.635 bits per heavy atom. The number of ether oxygens (including phenoxy) is 2. The number of phosphoric ester groups is 1. The zero-order valence-electron chi connectivity index (χ0n) is 32.9. The molecule has 0 fully saturated rings. The topological polar surface area (TPSA) is 155 Å². The van der Waals surface area contributed by atoms with Gasteiger partial charge < -0.3 is 25.2 Å². The first kappa shape index (κ1) is 50.2. The standard InChI is InChI=1S/C41H76NO9P/c1-3-5-7-9-11-13-15-17-18-19-20-22-24-26-28-30-32-34-48-35-38(36-49-52(46,47)50-37-39(42)41(44)45)51-40(43)33-31-29-27-25-23-21-16-14-12-10-8-6-4-2/h6,8,12,14,21,23,38-39H,3-5,7,9-11,13,15-20,22,24-37,42H2,1-2H3,(H,44,45)(H,46,47)/b8-6-,14-12-,23-21-. The van der Waals surface area contributed by atoms with E-state index >= 15 is 0 Å². The van der Waals surface area contributed by atoms with Gasteiger partial charge in [0.1, 0.15) is 12.1 Å². The highest BCUT2D eigenvalue weighted by Crippen LogP contribution is 2.43. The van der Waals surface area contributed by atoms with E-state index in [4.69, 9.17) is 29.4 Å². The van der Waals surface area contributed by atoms with Crippen molar-refractivity contribution in [2.75, 3.05) is 26.4 Å². The van der Waals surface area contributed by atoms with Gasteiger partial charge in [0, 0.05) is 13.0 Å². The summed E-state index contributed by atoms with van der Waals surface area (Å²) in [5.41, 5.74) is 5.34. The molecule has 10 nitrogen and oxygen atoms in total. The third-order valence-electron chi connectivity index (χ3n) is 8.68. The van der Waals surface area contributed by atoms with Crippen molar-refractivity contribution in [3.05, 3.63) is 36.5 Å². The molecule has 0 saturated carbocycles. The minimum Gasteiger partial charge on any atom is -0.480 e. The van der Waals surface area contributed by atoms with Crippen LogP contribution >= 0.6 is 7.82 Å². The van der Waals surface area contributed by atoms with Gasteiger partial charge in [-0.3, -0.25) is 18.6 Å². The van der Waals surface area contributed by atoms with E-state index in [9.17, 15) is 19.0 Å². The van der Waals surface area contributed by atoms with E-state index in [0.717, 1.165) is 57.8 Å². The van der Waals surface area contributed by atoms with Gasteiger partial charge in [-0.1, -0.05) is 159 Å². The number of carboxylic acid groups (broad SMARTS) is 1. The Bertz CT molecular complexity index is 972. The zero-order chi connectivity index (χ0) is 38.4. The summed E-state index contributed by atoms with van der Waals surface area (Å²) in [6, 6.07) is -1.48. The monoisotopic (exact) mass is 758 g/mol. The largest absolute Gasteiger partial charge is 0.480 e. The number of aliphatic carboxylic acids is 1. The molecule has 0 radical (unpaired) electrons. The Kier molecular flexibility index (Phi) is 36.2. The normalized spacial score (nSPS) is 14.4. The van der Waals surface area contributed by atoms with Crippen molar-refractivity contribution in [1.29, 1.82) is 0 Å². The third-order valence-corrected chi connectivity index (χ3v) is 9.63. The van der Waals surface area contributed by atoms with Gasteiger partial charge in [0.15, 0.2) is 0 Å². The van der Waals surface area contributed by atoms with Gasteiger partial charge in [-0.2, -0.15) is 0 Å². The van der Waals surface area contributed by atoms with E-state index in [0.29, 0.717) is 13.0 Å². The van der Waals surface area contributed by atoms with Crippen LogP contribution < -0.4 is 5.73 Å². The fraction of sp³-hybridized carbons (Fsp3) is 0.805. The Hall–Kier alpha value is -1.81. The molecule has 0 aromatic rings. The number of carbonyl (C=O) groups is 2. The third kappa shape index (κ3) is 36.5. The van der Waals surface area contributed by atoms with Crippen LogP contribution in [0.15, 0.2) is 36.5 Å². The van der Waals surface area contributed by atoms with Gasteiger partial charge in [-0.25, -0.2) is 4.57 Å². The lowest BCUT2D eigenvalue weighted by Crippen LogP contribution is -2.34. The first-order valence-corrected chi connectivity index (χ1v) is 22.0. The molecule has 0 saturated heterocycles. The molecule has 0 rings (SSSR count). The molecule has 0 heterocycles. The van der Waals surface area contributed by atoms with Gasteiger partial charge >= 0.3 is 19.8 Å². The van der Waals surface area contributed by atoms with E-state index in [-0.39, 0.29) is 13.0 Å². The number of allylic oxidation sites excluding steroid dienone is 6. The molecule has 0 aromatic carbocycles. The van der Waals surface area contributed by atoms with Crippen LogP contribution in [0.4, 0.5) is 0 Å². The smallest absolute Gasteiger partial charge is 0.472 e. The maximum absolute atomic E-state index is 12.6. The number of rotatable bonds is 39. The number of carboxylic acids is 1. The van der Waals surface area contributed by atoms with Crippen LogP contribution in [0.3, 0.4) is 0 Å². The van der Waals surface area contributed by atoms with Crippen LogP contribution in [-0.4, -0.2) is 60.5 Å². The SMILES string of the molecule is CC/C=C\C/C=C\C/C=C\CCCCCC(=O)OC(COCCCCCCCCCCCCCCCCCCC)COP(=O)(O)OCC(N)C(=O)O. The van der Waals surface area contributed by atoms with E-state index in [1.165, 1.54) is 89.9 Å². The van der Waals surface area contributed by atoms with Gasteiger partial charge in [0.2, 0.25) is 0 Å². The first-order chi connectivity index (χ1) is 25.2. The van der Waals surface area contributed by atoms with Gasteiger partial charge in [-0.05, 0) is 44.9 Å². The maximum Gasteiger partial charge on any atom is 0.472 e. The molecule has 0 aliphatic rings. The minimum atomic E-state index is -4.62. The number of hydrogen-bond donors (Lipinski definition) is 3. The molecule has 0 aliphatic heterocycles. The van der Waals surface area contributed by atoms with Crippen molar-refractivity contribution in [1.82, 2.24) is 0 Å². The highest BCUT2D eigenvalue weighted by Gasteiger charge is 2.27. The Morgan fingerprint density at radius 3 is 1.65 bits per heavy atom. The van der Waals surface area contributed by atoms with E-state index in [1.807, 2.05) is 0 Å². The minimum absolute atomic E-state index is 0.00731. The van der Waals surface area contributed by atoms with E-state index in [1.54, 1.807) is 0 Å². The van der Waals surface area contributed by atoms with Gasteiger partial charge in [-0.15, -0.1) is 0 Å². The fourth-order valence-corrected chi connectivity index (χ4v) is 6.28. The average molecular weight is 758 g/mol. The van der Waals surface area contributed by atoms with Crippen LogP contribution in [0.5, 0.6) is 0 Å². The van der Waals surface area contributed by atoms with Crippen molar-refractivity contribution in [3.8, 4) is 0 Å². The average Bonchev–Trinajstić information content (AvgIpc) is 3.12. The lowest BCUT2D eigenvalue weighted by atomic mass is 10.0. The molecule has 11 heteroatoms. The molecule has 4 N–H and O–H groups in total. The molecule has 0 amide bonds. The van der Waals surface area contributed by atoms with Crippen molar-refractivity contribution < 1.29 is 42.7 Å². The fourth-order valence-electron chi connectivity index (χ4n) is 5.50. The lowest BCUT2D eigenvalue weighted by Gasteiger charge is -2.20. The summed E-state index contributed by atoms with van der Waals surface area (Å²) in [4.78, 5) is 33.4. The molecule has 52 heavy (non-hydrogen) atoms. The molecular weight excluding hydrogens is 681 g/mol. The summed E-state index contributed by atoms with van der Waals surface area (Å²) in [5.74, 6) is -1.81. The van der Waals surface area contributed by atoms with Crippen molar-refractivity contribution in [3.63, 3.8) is 0 Å². The number of hydrogen-bond acceptors (Lipinski definition) is 8. The molecule has 0 spiro atoms. The second-order valence-corrected chi connectivity index (χ2v) is 15.2. The van der Waals surface area contributed by atoms with Gasteiger partial charge in [0.05, 0.1) is 19.8 Å². The highest BCUT2D eigenvalue weighted by molar-refractivity contribution is 7.47. The van der Waals surface area contributed by atoms with E-state index < -0.39 is 45.1 Å². The predicted octanol–water partition coefficient (Wildman–Crippen LogP) is 10.9. The number of carbonyl (C=O) groups excluding carboxylic acids is 1. The molecule has 0 bridgehead atoms. The zero-order valence-corrected chi connectivity index (χ0v) is 33.8. The van der Waals surface area contributed by atoms with Crippen molar-refractivity contribution >= 4 is 19.8 Å². The summed E-state index contributed by atoms with van der Waals surface area (Å²) in [6.07, 6.45) is 40.6. The molecule has 3 atom stereocenters. The summed E-state index contributed by atoms with van der Waals surface area (Å²) >= 11 is 0. The molecule has 3 unspecified atom stereocenters. The Balaban J connectivity index is 4.27. The molecule has 0 aromatic heterocycles. The van der Waals surface area contributed by atoms with Crippen LogP contribution in [0.2, 0.25) is 0 Å². The maximum atomic E-state index is 12.6. The highest BCUT2D eigenvalue weighted by atomic mass is 31.2.